The van der Waals surface area contributed by atoms with Crippen LogP contribution in [0.25, 0.3) is 0 Å². The van der Waals surface area contributed by atoms with Crippen molar-refractivity contribution in [1.82, 2.24) is 0 Å². The van der Waals surface area contributed by atoms with Crippen molar-refractivity contribution < 1.29 is 14.6 Å². The van der Waals surface area contributed by atoms with Gasteiger partial charge >= 0.3 is 0 Å². The molecule has 82 valence electrons. The molecule has 15 heavy (non-hydrogen) atoms. The van der Waals surface area contributed by atoms with Gasteiger partial charge in [0.05, 0.1) is 7.11 Å². The Hall–Kier alpha value is -1.16. The van der Waals surface area contributed by atoms with Crippen molar-refractivity contribution in [3.05, 3.63) is 23.3 Å². The van der Waals surface area contributed by atoms with E-state index >= 15 is 0 Å². The Morgan fingerprint density at radius 3 is 2.67 bits per heavy atom. The highest BCUT2D eigenvalue weighted by molar-refractivity contribution is 8.13. The van der Waals surface area contributed by atoms with Crippen LogP contribution in [0.15, 0.2) is 12.1 Å². The maximum atomic E-state index is 11.6. The molecule has 0 amide bonds. The minimum atomic E-state index is -0.181. The lowest BCUT2D eigenvalue weighted by Crippen LogP contribution is -2.00. The van der Waals surface area contributed by atoms with Crippen LogP contribution < -0.4 is 4.74 Å². The molecule has 0 saturated carbocycles. The molecular weight excluding hydrogens is 212 g/mol. The van der Waals surface area contributed by atoms with E-state index in [1.165, 1.54) is 7.11 Å². The van der Waals surface area contributed by atoms with Gasteiger partial charge < -0.3 is 9.84 Å². The summed E-state index contributed by atoms with van der Waals surface area (Å²) in [7, 11) is 1.48. The first-order valence-electron chi connectivity index (χ1n) is 4.62. The summed E-state index contributed by atoms with van der Waals surface area (Å²) in [5.41, 5.74) is 1.03. The highest BCUT2D eigenvalue weighted by Crippen LogP contribution is 2.33. The van der Waals surface area contributed by atoms with Gasteiger partial charge in [0.2, 0.25) is 5.12 Å². The second-order valence-corrected chi connectivity index (χ2v) is 3.77. The largest absolute Gasteiger partial charge is 0.507 e. The number of benzene rings is 1. The molecular formula is C11H14O3S. The molecule has 0 saturated heterocycles. The third-order valence-corrected chi connectivity index (χ3v) is 2.79. The number of rotatable bonds is 3. The van der Waals surface area contributed by atoms with Gasteiger partial charge in [-0.15, -0.1) is 0 Å². The predicted molar refractivity (Wildman–Crippen MR) is 61.9 cm³/mol. The summed E-state index contributed by atoms with van der Waals surface area (Å²) >= 11 is 1.06. The highest BCUT2D eigenvalue weighted by atomic mass is 32.2. The standard InChI is InChI=1S/C11H14O3S/c1-4-7-5-6-8(14-2)9(10(7)12)11(13)15-3/h5-6,12H,4H2,1-3H3. The van der Waals surface area contributed by atoms with Gasteiger partial charge in [-0.3, -0.25) is 4.79 Å². The quantitative estimate of drug-likeness (QED) is 0.860. The normalized spacial score (nSPS) is 10.1. The number of phenolic OH excluding ortho intramolecular Hbond substituents is 1. The zero-order valence-electron chi connectivity index (χ0n) is 9.03. The van der Waals surface area contributed by atoms with Crippen LogP contribution in [0.5, 0.6) is 11.5 Å². The monoisotopic (exact) mass is 226 g/mol. The second-order valence-electron chi connectivity index (χ2n) is 3.00. The molecule has 0 unspecified atom stereocenters. The number of carbonyl (C=O) groups is 1. The van der Waals surface area contributed by atoms with Gasteiger partial charge in [-0.1, -0.05) is 24.8 Å². The predicted octanol–water partition coefficient (Wildman–Crippen LogP) is 2.47. The lowest BCUT2D eigenvalue weighted by atomic mass is 10.1. The third kappa shape index (κ3) is 2.26. The van der Waals surface area contributed by atoms with Crippen LogP contribution in [-0.2, 0) is 6.42 Å². The van der Waals surface area contributed by atoms with E-state index in [9.17, 15) is 9.90 Å². The van der Waals surface area contributed by atoms with Gasteiger partial charge in [-0.25, -0.2) is 0 Å². The highest BCUT2D eigenvalue weighted by Gasteiger charge is 2.18. The first-order valence-corrected chi connectivity index (χ1v) is 5.85. The molecule has 0 atom stereocenters. The molecule has 0 heterocycles. The van der Waals surface area contributed by atoms with Crippen LogP contribution in [0.3, 0.4) is 0 Å². The lowest BCUT2D eigenvalue weighted by molar-refractivity contribution is 0.108. The molecule has 1 N–H and O–H groups in total. The minimum Gasteiger partial charge on any atom is -0.507 e. The van der Waals surface area contributed by atoms with Crippen LogP contribution in [0.1, 0.15) is 22.8 Å². The Labute approximate surface area is 93.4 Å². The Kier molecular flexibility index (Phi) is 4.03. The number of phenols is 1. The van der Waals surface area contributed by atoms with Crippen LogP contribution in [-0.4, -0.2) is 23.6 Å². The van der Waals surface area contributed by atoms with E-state index in [1.807, 2.05) is 6.92 Å². The Morgan fingerprint density at radius 1 is 1.53 bits per heavy atom. The zero-order valence-corrected chi connectivity index (χ0v) is 9.85. The number of aryl methyl sites for hydroxylation is 1. The van der Waals surface area contributed by atoms with Crippen LogP contribution in [0.2, 0.25) is 0 Å². The van der Waals surface area contributed by atoms with E-state index in [0.717, 1.165) is 17.3 Å². The fourth-order valence-electron chi connectivity index (χ4n) is 1.37. The molecule has 0 fully saturated rings. The molecule has 1 rings (SSSR count). The lowest BCUT2D eigenvalue weighted by Gasteiger charge is -2.11. The number of hydrogen-bond donors (Lipinski definition) is 1. The minimum absolute atomic E-state index is 0.0381. The summed E-state index contributed by atoms with van der Waals surface area (Å²) in [6, 6.07) is 3.48. The van der Waals surface area contributed by atoms with Gasteiger partial charge in [0.25, 0.3) is 0 Å². The summed E-state index contributed by atoms with van der Waals surface area (Å²) in [5.74, 6) is 0.459. The average molecular weight is 226 g/mol. The van der Waals surface area contributed by atoms with Gasteiger partial charge in [0.1, 0.15) is 17.1 Å². The number of hydrogen-bond acceptors (Lipinski definition) is 4. The van der Waals surface area contributed by atoms with Gasteiger partial charge in [-0.05, 0) is 24.3 Å². The van der Waals surface area contributed by atoms with Crippen molar-refractivity contribution in [1.29, 1.82) is 0 Å². The Bertz CT molecular complexity index is 374. The van der Waals surface area contributed by atoms with Crippen molar-refractivity contribution in [2.45, 2.75) is 13.3 Å². The average Bonchev–Trinajstić information content (AvgIpc) is 2.27. The van der Waals surface area contributed by atoms with Crippen LogP contribution in [0, 0.1) is 0 Å². The van der Waals surface area contributed by atoms with E-state index in [2.05, 4.69) is 0 Å². The molecule has 0 bridgehead atoms. The van der Waals surface area contributed by atoms with Crippen molar-refractivity contribution in [2.75, 3.05) is 13.4 Å². The van der Waals surface area contributed by atoms with E-state index in [-0.39, 0.29) is 16.4 Å². The molecule has 0 aromatic heterocycles. The maximum Gasteiger partial charge on any atom is 0.226 e. The third-order valence-electron chi connectivity index (χ3n) is 2.21. The smallest absolute Gasteiger partial charge is 0.226 e. The number of methoxy groups -OCH3 is 1. The second kappa shape index (κ2) is 5.07. The topological polar surface area (TPSA) is 46.5 Å². The van der Waals surface area contributed by atoms with E-state index in [0.29, 0.717) is 12.2 Å². The summed E-state index contributed by atoms with van der Waals surface area (Å²) in [6.45, 7) is 1.93. The fourth-order valence-corrected chi connectivity index (χ4v) is 1.77. The Balaban J connectivity index is 3.35. The number of ether oxygens (including phenoxy) is 1. The summed E-state index contributed by atoms with van der Waals surface area (Å²) in [6.07, 6.45) is 2.37. The number of thioether (sulfide) groups is 1. The molecule has 0 aliphatic carbocycles. The molecule has 3 nitrogen and oxygen atoms in total. The van der Waals surface area contributed by atoms with E-state index in [1.54, 1.807) is 18.4 Å². The molecule has 0 aliphatic heterocycles. The van der Waals surface area contributed by atoms with Gasteiger partial charge in [0, 0.05) is 0 Å². The number of aromatic hydroxyl groups is 1. The van der Waals surface area contributed by atoms with Crippen LogP contribution in [0.4, 0.5) is 0 Å². The fraction of sp³-hybridized carbons (Fsp3) is 0.364. The van der Waals surface area contributed by atoms with Crippen molar-refractivity contribution in [3.63, 3.8) is 0 Å². The van der Waals surface area contributed by atoms with Gasteiger partial charge in [0.15, 0.2) is 0 Å². The number of carbonyl (C=O) groups excluding carboxylic acids is 1. The molecule has 0 aliphatic rings. The molecule has 0 spiro atoms. The van der Waals surface area contributed by atoms with E-state index < -0.39 is 0 Å². The van der Waals surface area contributed by atoms with Crippen molar-refractivity contribution in [2.24, 2.45) is 0 Å². The van der Waals surface area contributed by atoms with E-state index in [4.69, 9.17) is 4.74 Å². The van der Waals surface area contributed by atoms with Crippen molar-refractivity contribution >= 4 is 16.9 Å². The maximum absolute atomic E-state index is 11.6. The summed E-state index contributed by atoms with van der Waals surface area (Å²) < 4.78 is 5.05. The molecule has 4 heteroatoms. The van der Waals surface area contributed by atoms with Crippen molar-refractivity contribution in [3.8, 4) is 11.5 Å². The molecule has 1 aromatic carbocycles. The first kappa shape index (κ1) is 11.9. The SMILES string of the molecule is CCc1ccc(OC)c(C(=O)SC)c1O. The zero-order chi connectivity index (χ0) is 11.4. The Morgan fingerprint density at radius 2 is 2.20 bits per heavy atom. The summed E-state index contributed by atoms with van der Waals surface area (Å²) in [4.78, 5) is 11.6. The molecule has 0 radical (unpaired) electrons. The summed E-state index contributed by atoms with van der Waals surface area (Å²) in [5, 5.41) is 9.71. The first-order chi connectivity index (χ1) is 7.15. The van der Waals surface area contributed by atoms with Gasteiger partial charge in [-0.2, -0.15) is 0 Å². The van der Waals surface area contributed by atoms with Crippen LogP contribution >= 0.6 is 11.8 Å². The molecule has 1 aromatic rings.